The van der Waals surface area contributed by atoms with E-state index in [0.717, 1.165) is 25.7 Å². The predicted molar refractivity (Wildman–Crippen MR) is 106 cm³/mol. The fourth-order valence-corrected chi connectivity index (χ4v) is 2.45. The van der Waals surface area contributed by atoms with Gasteiger partial charge in [-0.15, -0.1) is 0 Å². The van der Waals surface area contributed by atoms with Crippen molar-refractivity contribution in [1.29, 1.82) is 0 Å². The Morgan fingerprint density at radius 1 is 0.962 bits per heavy atom. The molecular formula is C22H32O4. The number of hydrogen-bond acceptors (Lipinski definition) is 3. The van der Waals surface area contributed by atoms with Crippen LogP contribution in [-0.2, 0) is 9.53 Å². The Bertz CT molecular complexity index is 528. The molecule has 1 aliphatic heterocycles. The first-order chi connectivity index (χ1) is 12.6. The van der Waals surface area contributed by atoms with E-state index in [-0.39, 0.29) is 12.5 Å². The van der Waals surface area contributed by atoms with Crippen molar-refractivity contribution in [3.8, 4) is 0 Å². The van der Waals surface area contributed by atoms with Gasteiger partial charge in [-0.3, -0.25) is 4.79 Å². The quantitative estimate of drug-likeness (QED) is 0.267. The lowest BCUT2D eigenvalue weighted by Crippen LogP contribution is -2.07. The normalized spacial score (nSPS) is 21.8. The summed E-state index contributed by atoms with van der Waals surface area (Å²) in [5.41, 5.74) is 0. The lowest BCUT2D eigenvalue weighted by Gasteiger charge is -2.00. The zero-order valence-electron chi connectivity index (χ0n) is 15.7. The smallest absolute Gasteiger partial charge is 0.303 e. The second kappa shape index (κ2) is 14.3. The van der Waals surface area contributed by atoms with Gasteiger partial charge in [0.15, 0.2) is 0 Å². The SMILES string of the molecule is CCC1OC1CC(O)/C=C/C=C\C/C=C\C/C=C\C/C=C\CCC(=O)O. The van der Waals surface area contributed by atoms with E-state index in [4.69, 9.17) is 9.84 Å². The van der Waals surface area contributed by atoms with Crippen LogP contribution >= 0.6 is 0 Å². The summed E-state index contributed by atoms with van der Waals surface area (Å²) in [6.45, 7) is 2.10. The van der Waals surface area contributed by atoms with Crippen LogP contribution in [0, 0.1) is 0 Å². The first-order valence-electron chi connectivity index (χ1n) is 9.47. The second-order valence-electron chi connectivity index (χ2n) is 6.29. The monoisotopic (exact) mass is 360 g/mol. The zero-order valence-corrected chi connectivity index (χ0v) is 15.7. The van der Waals surface area contributed by atoms with Gasteiger partial charge in [0, 0.05) is 12.8 Å². The summed E-state index contributed by atoms with van der Waals surface area (Å²) < 4.78 is 5.42. The van der Waals surface area contributed by atoms with Gasteiger partial charge in [0.2, 0.25) is 0 Å². The van der Waals surface area contributed by atoms with Crippen molar-refractivity contribution in [2.24, 2.45) is 0 Å². The van der Waals surface area contributed by atoms with E-state index >= 15 is 0 Å². The number of epoxide rings is 1. The Balaban J connectivity index is 1.99. The summed E-state index contributed by atoms with van der Waals surface area (Å²) >= 11 is 0. The standard InChI is InChI=1S/C22H32O4/c1-2-20-21(26-20)18-19(23)16-14-12-10-8-6-4-3-5-7-9-11-13-15-17-22(24)25/h4-7,10-14,16,19-21,23H,2-3,8-9,15,17-18H2,1H3,(H,24,25)/b6-4-,7-5-,12-10-,13-11-,16-14+. The Kier molecular flexibility index (Phi) is 12.2. The highest BCUT2D eigenvalue weighted by Crippen LogP contribution is 2.29. The number of carboxylic acids is 1. The highest BCUT2D eigenvalue weighted by molar-refractivity contribution is 5.66. The van der Waals surface area contributed by atoms with Gasteiger partial charge in [-0.1, -0.05) is 67.7 Å². The molecule has 26 heavy (non-hydrogen) atoms. The van der Waals surface area contributed by atoms with E-state index in [2.05, 4.69) is 37.3 Å². The third kappa shape index (κ3) is 12.5. The summed E-state index contributed by atoms with van der Waals surface area (Å²) in [7, 11) is 0. The lowest BCUT2D eigenvalue weighted by molar-refractivity contribution is -0.136. The Morgan fingerprint density at radius 2 is 1.58 bits per heavy atom. The third-order valence-electron chi connectivity index (χ3n) is 3.99. The maximum Gasteiger partial charge on any atom is 0.303 e. The molecule has 2 N–H and O–H groups in total. The number of allylic oxidation sites excluding steroid dienone is 9. The molecule has 0 aromatic carbocycles. The van der Waals surface area contributed by atoms with Gasteiger partial charge >= 0.3 is 5.97 Å². The van der Waals surface area contributed by atoms with E-state index in [0.29, 0.717) is 18.9 Å². The van der Waals surface area contributed by atoms with Gasteiger partial charge in [-0.2, -0.15) is 0 Å². The molecule has 1 heterocycles. The van der Waals surface area contributed by atoms with Gasteiger partial charge in [-0.05, 0) is 32.1 Å². The molecule has 1 saturated heterocycles. The molecule has 1 aliphatic rings. The molecule has 3 unspecified atom stereocenters. The van der Waals surface area contributed by atoms with Crippen LogP contribution in [0.1, 0.15) is 51.9 Å². The van der Waals surface area contributed by atoms with Crippen molar-refractivity contribution >= 4 is 5.97 Å². The largest absolute Gasteiger partial charge is 0.481 e. The number of rotatable bonds is 14. The number of ether oxygens (including phenoxy) is 1. The number of aliphatic hydroxyl groups is 1. The van der Waals surface area contributed by atoms with Crippen molar-refractivity contribution in [1.82, 2.24) is 0 Å². The molecule has 4 nitrogen and oxygen atoms in total. The van der Waals surface area contributed by atoms with Crippen LogP contribution < -0.4 is 0 Å². The van der Waals surface area contributed by atoms with E-state index in [1.165, 1.54) is 0 Å². The number of carboxylic acid groups (broad SMARTS) is 1. The van der Waals surface area contributed by atoms with Gasteiger partial charge in [0.05, 0.1) is 18.3 Å². The Hall–Kier alpha value is -1.91. The van der Waals surface area contributed by atoms with Crippen molar-refractivity contribution in [3.05, 3.63) is 60.8 Å². The summed E-state index contributed by atoms with van der Waals surface area (Å²) in [5, 5.41) is 18.3. The van der Waals surface area contributed by atoms with Crippen LogP contribution in [0.3, 0.4) is 0 Å². The molecule has 4 heteroatoms. The third-order valence-corrected chi connectivity index (χ3v) is 3.99. The number of carbonyl (C=O) groups is 1. The fourth-order valence-electron chi connectivity index (χ4n) is 2.45. The summed E-state index contributed by atoms with van der Waals surface area (Å²) in [6, 6.07) is 0. The van der Waals surface area contributed by atoms with E-state index < -0.39 is 12.1 Å². The van der Waals surface area contributed by atoms with Gasteiger partial charge < -0.3 is 14.9 Å². The fraction of sp³-hybridized carbons (Fsp3) is 0.500. The Morgan fingerprint density at radius 3 is 2.15 bits per heavy atom. The van der Waals surface area contributed by atoms with Crippen LogP contribution in [-0.4, -0.2) is 34.5 Å². The molecule has 0 amide bonds. The highest BCUT2D eigenvalue weighted by atomic mass is 16.6. The van der Waals surface area contributed by atoms with Gasteiger partial charge in [0.1, 0.15) is 0 Å². The minimum atomic E-state index is -0.756. The average molecular weight is 360 g/mol. The molecule has 1 rings (SSSR count). The average Bonchev–Trinajstić information content (AvgIpc) is 3.36. The molecule has 0 aromatic heterocycles. The van der Waals surface area contributed by atoms with Crippen LogP contribution in [0.15, 0.2) is 60.8 Å². The van der Waals surface area contributed by atoms with E-state index in [9.17, 15) is 9.90 Å². The Labute approximate surface area is 157 Å². The minimum Gasteiger partial charge on any atom is -0.481 e. The van der Waals surface area contributed by atoms with E-state index in [1.807, 2.05) is 24.3 Å². The van der Waals surface area contributed by atoms with Gasteiger partial charge in [-0.25, -0.2) is 0 Å². The second-order valence-corrected chi connectivity index (χ2v) is 6.29. The minimum absolute atomic E-state index is 0.193. The van der Waals surface area contributed by atoms with Crippen LogP contribution in [0.2, 0.25) is 0 Å². The molecule has 0 aromatic rings. The zero-order chi connectivity index (χ0) is 19.0. The number of aliphatic hydroxyl groups excluding tert-OH is 1. The highest BCUT2D eigenvalue weighted by Gasteiger charge is 2.37. The summed E-state index contributed by atoms with van der Waals surface area (Å²) in [6.07, 6.45) is 25.2. The molecule has 0 saturated carbocycles. The van der Waals surface area contributed by atoms with Gasteiger partial charge in [0.25, 0.3) is 0 Å². The molecule has 0 radical (unpaired) electrons. The molecule has 0 aliphatic carbocycles. The van der Waals surface area contributed by atoms with Crippen LogP contribution in [0.4, 0.5) is 0 Å². The summed E-state index contributed by atoms with van der Waals surface area (Å²) in [5.74, 6) is -0.756. The predicted octanol–water partition coefficient (Wildman–Crippen LogP) is 4.73. The topological polar surface area (TPSA) is 70.1 Å². The molecule has 144 valence electrons. The first-order valence-corrected chi connectivity index (χ1v) is 9.47. The van der Waals surface area contributed by atoms with Crippen molar-refractivity contribution in [2.75, 3.05) is 0 Å². The van der Waals surface area contributed by atoms with Crippen molar-refractivity contribution < 1.29 is 19.7 Å². The number of hydrogen-bond donors (Lipinski definition) is 2. The van der Waals surface area contributed by atoms with Crippen molar-refractivity contribution in [2.45, 2.75) is 70.2 Å². The molecule has 0 bridgehead atoms. The molecule has 3 atom stereocenters. The van der Waals surface area contributed by atoms with E-state index in [1.54, 1.807) is 6.08 Å². The molecule has 1 fully saturated rings. The maximum absolute atomic E-state index is 10.3. The maximum atomic E-state index is 10.3. The molecule has 0 spiro atoms. The molecular weight excluding hydrogens is 328 g/mol. The van der Waals surface area contributed by atoms with Crippen LogP contribution in [0.5, 0.6) is 0 Å². The summed E-state index contributed by atoms with van der Waals surface area (Å²) in [4.78, 5) is 10.3. The number of aliphatic carboxylic acids is 1. The van der Waals surface area contributed by atoms with Crippen molar-refractivity contribution in [3.63, 3.8) is 0 Å². The lowest BCUT2D eigenvalue weighted by atomic mass is 10.1. The van der Waals surface area contributed by atoms with Crippen LogP contribution in [0.25, 0.3) is 0 Å². The first kappa shape index (κ1) is 22.1.